The summed E-state index contributed by atoms with van der Waals surface area (Å²) in [6.07, 6.45) is 8.72. The normalized spacial score (nSPS) is 24.3. The molecular weight excluding hydrogens is 200 g/mol. The zero-order valence-electron chi connectivity index (χ0n) is 10.4. The molecule has 1 aliphatic carbocycles. The van der Waals surface area contributed by atoms with Crippen molar-refractivity contribution in [1.29, 1.82) is 0 Å². The zero-order chi connectivity index (χ0) is 11.4. The van der Waals surface area contributed by atoms with Crippen LogP contribution in [-0.4, -0.2) is 37.0 Å². The fourth-order valence-electron chi connectivity index (χ4n) is 2.72. The summed E-state index contributed by atoms with van der Waals surface area (Å²) >= 11 is 0. The van der Waals surface area contributed by atoms with Gasteiger partial charge in [-0.1, -0.05) is 32.1 Å². The molecular formula is C13H24N2O. The van der Waals surface area contributed by atoms with Crippen LogP contribution in [-0.2, 0) is 4.79 Å². The molecule has 1 heterocycles. The lowest BCUT2D eigenvalue weighted by Crippen LogP contribution is -2.58. The van der Waals surface area contributed by atoms with Gasteiger partial charge in [-0.15, -0.1) is 0 Å². The number of hydrogen-bond acceptors (Lipinski definition) is 2. The molecule has 2 rings (SSSR count). The zero-order valence-corrected chi connectivity index (χ0v) is 10.4. The fraction of sp³-hybridized carbons (Fsp3) is 0.923. The topological polar surface area (TPSA) is 32.3 Å². The van der Waals surface area contributed by atoms with E-state index in [0.29, 0.717) is 17.9 Å². The van der Waals surface area contributed by atoms with E-state index < -0.39 is 0 Å². The van der Waals surface area contributed by atoms with Gasteiger partial charge >= 0.3 is 0 Å². The highest BCUT2D eigenvalue weighted by Gasteiger charge is 2.29. The number of nitrogens with one attached hydrogen (secondary N) is 1. The number of amides is 1. The summed E-state index contributed by atoms with van der Waals surface area (Å²) in [5.41, 5.74) is 0. The Morgan fingerprint density at radius 2 is 1.62 bits per heavy atom. The predicted molar refractivity (Wildman–Crippen MR) is 65.2 cm³/mol. The predicted octanol–water partition coefficient (Wildman–Crippen LogP) is 1.78. The third-order valence-electron chi connectivity index (χ3n) is 4.11. The molecule has 1 saturated heterocycles. The van der Waals surface area contributed by atoms with E-state index in [2.05, 4.69) is 5.32 Å². The van der Waals surface area contributed by atoms with Gasteiger partial charge in [0.1, 0.15) is 0 Å². The summed E-state index contributed by atoms with van der Waals surface area (Å²) in [7, 11) is 1.98. The number of rotatable bonds is 2. The summed E-state index contributed by atoms with van der Waals surface area (Å²) < 4.78 is 0. The number of hydrogen-bond donors (Lipinski definition) is 1. The highest BCUT2D eigenvalue weighted by Crippen LogP contribution is 2.24. The van der Waals surface area contributed by atoms with Gasteiger partial charge in [-0.2, -0.15) is 0 Å². The van der Waals surface area contributed by atoms with Crippen LogP contribution in [0.3, 0.4) is 0 Å². The van der Waals surface area contributed by atoms with Gasteiger partial charge in [0.05, 0.1) is 6.04 Å². The Balaban J connectivity index is 1.85. The van der Waals surface area contributed by atoms with Crippen LogP contribution >= 0.6 is 0 Å². The van der Waals surface area contributed by atoms with Gasteiger partial charge in [-0.3, -0.25) is 4.79 Å². The van der Waals surface area contributed by atoms with Crippen LogP contribution in [0.4, 0.5) is 0 Å². The highest BCUT2D eigenvalue weighted by molar-refractivity contribution is 5.79. The molecule has 0 radical (unpaired) electrons. The van der Waals surface area contributed by atoms with Gasteiger partial charge in [0.25, 0.3) is 0 Å². The van der Waals surface area contributed by atoms with Crippen molar-refractivity contribution in [3.05, 3.63) is 0 Å². The number of carbonyl (C=O) groups is 1. The monoisotopic (exact) mass is 224 g/mol. The first-order chi connectivity index (χ1) is 7.79. The second-order valence-corrected chi connectivity index (χ2v) is 5.30. The van der Waals surface area contributed by atoms with Gasteiger partial charge in [0, 0.05) is 26.1 Å². The maximum atomic E-state index is 12.3. The Kier molecular flexibility index (Phi) is 4.22. The minimum absolute atomic E-state index is 0.311. The molecule has 16 heavy (non-hydrogen) atoms. The average molecular weight is 224 g/mol. The first-order valence-corrected chi connectivity index (χ1v) is 6.76. The molecule has 0 aromatic heterocycles. The molecule has 2 fully saturated rings. The molecule has 1 aliphatic heterocycles. The van der Waals surface area contributed by atoms with Crippen LogP contribution in [0.1, 0.15) is 44.9 Å². The molecule has 0 aromatic carbocycles. The van der Waals surface area contributed by atoms with E-state index in [4.69, 9.17) is 0 Å². The Bertz CT molecular complexity index is 230. The van der Waals surface area contributed by atoms with E-state index in [1.165, 1.54) is 32.1 Å². The Morgan fingerprint density at radius 1 is 1.06 bits per heavy atom. The summed E-state index contributed by atoms with van der Waals surface area (Å²) in [5, 5.41) is 3.23. The molecule has 0 atom stereocenters. The summed E-state index contributed by atoms with van der Waals surface area (Å²) in [5.74, 6) is 0.708. The van der Waals surface area contributed by atoms with Crippen LogP contribution in [0.15, 0.2) is 0 Å². The molecule has 3 heteroatoms. The first kappa shape index (κ1) is 11.9. The lowest BCUT2D eigenvalue weighted by Gasteiger charge is -2.37. The van der Waals surface area contributed by atoms with Gasteiger partial charge in [-0.05, 0) is 12.8 Å². The second-order valence-electron chi connectivity index (χ2n) is 5.30. The number of carbonyl (C=O) groups excluding carboxylic acids is 1. The van der Waals surface area contributed by atoms with Crippen molar-refractivity contribution in [3.8, 4) is 0 Å². The minimum Gasteiger partial charge on any atom is -0.340 e. The van der Waals surface area contributed by atoms with Gasteiger partial charge < -0.3 is 10.2 Å². The van der Waals surface area contributed by atoms with Crippen molar-refractivity contribution in [2.45, 2.75) is 51.0 Å². The van der Waals surface area contributed by atoms with Crippen molar-refractivity contribution in [1.82, 2.24) is 10.2 Å². The highest BCUT2D eigenvalue weighted by atomic mass is 16.2. The Morgan fingerprint density at radius 3 is 2.12 bits per heavy atom. The number of nitrogens with zero attached hydrogens (tertiary/aromatic N) is 1. The van der Waals surface area contributed by atoms with Crippen LogP contribution in [0.5, 0.6) is 0 Å². The first-order valence-electron chi connectivity index (χ1n) is 6.76. The second kappa shape index (κ2) is 5.67. The van der Waals surface area contributed by atoms with Crippen LogP contribution in [0.25, 0.3) is 0 Å². The van der Waals surface area contributed by atoms with E-state index in [0.717, 1.165) is 25.9 Å². The smallest absolute Gasteiger partial charge is 0.225 e. The Labute approximate surface area is 98.6 Å². The summed E-state index contributed by atoms with van der Waals surface area (Å²) in [6, 6.07) is 0.456. The van der Waals surface area contributed by atoms with Crippen molar-refractivity contribution in [3.63, 3.8) is 0 Å². The average Bonchev–Trinajstić information content (AvgIpc) is 2.13. The lowest BCUT2D eigenvalue weighted by molar-refractivity contribution is -0.137. The van der Waals surface area contributed by atoms with Crippen LogP contribution in [0.2, 0.25) is 0 Å². The molecule has 3 nitrogen and oxygen atoms in total. The SMILES string of the molecule is CN(C(=O)C1CCCCCCC1)C1CNC1. The molecule has 2 aliphatic rings. The fourth-order valence-corrected chi connectivity index (χ4v) is 2.72. The maximum absolute atomic E-state index is 12.3. The quantitative estimate of drug-likeness (QED) is 0.775. The van der Waals surface area contributed by atoms with Gasteiger partial charge in [-0.25, -0.2) is 0 Å². The standard InChI is InChI=1S/C13H24N2O/c1-15(12-9-14-10-12)13(16)11-7-5-3-2-4-6-8-11/h11-12,14H,2-10H2,1H3. The Hall–Kier alpha value is -0.570. The molecule has 1 amide bonds. The van der Waals surface area contributed by atoms with Crippen molar-refractivity contribution < 1.29 is 4.79 Å². The van der Waals surface area contributed by atoms with E-state index in [-0.39, 0.29) is 0 Å². The number of likely N-dealkylation sites (N-methyl/N-ethyl adjacent to an activating group) is 1. The summed E-state index contributed by atoms with van der Waals surface area (Å²) in [6.45, 7) is 1.96. The lowest BCUT2D eigenvalue weighted by atomic mass is 9.89. The van der Waals surface area contributed by atoms with Gasteiger partial charge in [0.15, 0.2) is 0 Å². The molecule has 0 spiro atoms. The van der Waals surface area contributed by atoms with Crippen LogP contribution in [0, 0.1) is 5.92 Å². The third-order valence-corrected chi connectivity index (χ3v) is 4.11. The molecule has 0 unspecified atom stereocenters. The van der Waals surface area contributed by atoms with Crippen molar-refractivity contribution >= 4 is 5.91 Å². The van der Waals surface area contributed by atoms with E-state index in [1.54, 1.807) is 0 Å². The molecule has 1 N–H and O–H groups in total. The van der Waals surface area contributed by atoms with Gasteiger partial charge in [0.2, 0.25) is 5.91 Å². The maximum Gasteiger partial charge on any atom is 0.225 e. The van der Waals surface area contributed by atoms with E-state index >= 15 is 0 Å². The van der Waals surface area contributed by atoms with Crippen molar-refractivity contribution in [2.24, 2.45) is 5.92 Å². The molecule has 0 bridgehead atoms. The third kappa shape index (κ3) is 2.76. The minimum atomic E-state index is 0.311. The van der Waals surface area contributed by atoms with E-state index in [9.17, 15) is 4.79 Å². The van der Waals surface area contributed by atoms with Crippen molar-refractivity contribution in [2.75, 3.05) is 20.1 Å². The summed E-state index contributed by atoms with van der Waals surface area (Å²) in [4.78, 5) is 14.3. The molecule has 0 aromatic rings. The largest absolute Gasteiger partial charge is 0.340 e. The van der Waals surface area contributed by atoms with E-state index in [1.807, 2.05) is 11.9 Å². The molecule has 1 saturated carbocycles. The van der Waals surface area contributed by atoms with Crippen LogP contribution < -0.4 is 5.32 Å². The molecule has 92 valence electrons.